The number of rotatable bonds is 5. The lowest BCUT2D eigenvalue weighted by molar-refractivity contribution is -0.117. The Morgan fingerprint density at radius 1 is 1.32 bits per heavy atom. The van der Waals surface area contributed by atoms with Gasteiger partial charge in [0.2, 0.25) is 5.91 Å². The number of amides is 1. The Morgan fingerprint density at radius 2 is 2.04 bits per heavy atom. The molecule has 1 aliphatic carbocycles. The highest BCUT2D eigenvalue weighted by Gasteiger charge is 2.19. The predicted octanol–water partition coefficient (Wildman–Crippen LogP) is 4.97. The number of aromatic nitrogens is 1. The minimum absolute atomic E-state index is 0.0583. The molecular formula is C20H27ClN2O2. The number of aliphatic hydroxyl groups is 1. The number of halogens is 1. The first-order chi connectivity index (χ1) is 12.0. The molecule has 0 bridgehead atoms. The number of nitrogens with one attached hydrogen (secondary N) is 1. The van der Waals surface area contributed by atoms with E-state index >= 15 is 0 Å². The normalized spacial score (nSPS) is 17.4. The molecule has 136 valence electrons. The summed E-state index contributed by atoms with van der Waals surface area (Å²) in [4.78, 5) is 12.6. The third kappa shape index (κ3) is 4.56. The van der Waals surface area contributed by atoms with Gasteiger partial charge in [-0.25, -0.2) is 0 Å². The second-order valence-electron chi connectivity index (χ2n) is 7.29. The molecule has 0 aliphatic heterocycles. The Morgan fingerprint density at radius 3 is 2.72 bits per heavy atom. The fourth-order valence-electron chi connectivity index (χ4n) is 3.87. The smallest absolute Gasteiger partial charge is 0.224 e. The third-order valence-corrected chi connectivity index (χ3v) is 5.35. The minimum atomic E-state index is -0.468. The van der Waals surface area contributed by atoms with Crippen LogP contribution >= 0.6 is 11.6 Å². The van der Waals surface area contributed by atoms with Gasteiger partial charge in [0.05, 0.1) is 22.3 Å². The predicted molar refractivity (Wildman–Crippen MR) is 103 cm³/mol. The summed E-state index contributed by atoms with van der Waals surface area (Å²) < 4.78 is 1.95. The first kappa shape index (κ1) is 18.3. The second-order valence-corrected chi connectivity index (χ2v) is 7.70. The maximum Gasteiger partial charge on any atom is 0.224 e. The zero-order chi connectivity index (χ0) is 17.8. The standard InChI is InChI=1S/C20H27ClN2O2/c1-14(24)12-23-13-17(20-16(21)9-6-10-18(20)23)22-19(25)11-15-7-4-2-3-5-8-15/h6,9-10,13-15,24H,2-5,7-8,11-12H2,1H3,(H,22,25). The maximum atomic E-state index is 12.6. The van der Waals surface area contributed by atoms with Crippen LogP contribution in [0.15, 0.2) is 24.4 Å². The fraction of sp³-hybridized carbons (Fsp3) is 0.550. The summed E-state index contributed by atoms with van der Waals surface area (Å²) in [6.07, 6.45) is 9.34. The van der Waals surface area contributed by atoms with Gasteiger partial charge in [-0.2, -0.15) is 0 Å². The number of hydrogen-bond acceptors (Lipinski definition) is 2. The number of anilines is 1. The molecule has 1 aliphatic rings. The number of hydrogen-bond donors (Lipinski definition) is 2. The Hall–Kier alpha value is -1.52. The molecule has 1 fully saturated rings. The Kier molecular flexibility index (Phi) is 6.02. The van der Waals surface area contributed by atoms with E-state index < -0.39 is 6.10 Å². The van der Waals surface area contributed by atoms with Gasteiger partial charge >= 0.3 is 0 Å². The van der Waals surface area contributed by atoms with Crippen molar-refractivity contribution in [1.82, 2.24) is 4.57 Å². The Labute approximate surface area is 154 Å². The van der Waals surface area contributed by atoms with Crippen LogP contribution in [0.5, 0.6) is 0 Å². The van der Waals surface area contributed by atoms with E-state index in [0.29, 0.717) is 23.9 Å². The highest BCUT2D eigenvalue weighted by Crippen LogP contribution is 2.33. The molecule has 0 saturated heterocycles. The monoisotopic (exact) mass is 362 g/mol. The molecule has 1 aromatic carbocycles. The van der Waals surface area contributed by atoms with Crippen LogP contribution in [0.1, 0.15) is 51.9 Å². The number of carbonyl (C=O) groups excluding carboxylic acids is 1. The topological polar surface area (TPSA) is 54.3 Å². The van der Waals surface area contributed by atoms with Crippen LogP contribution in [0, 0.1) is 5.92 Å². The summed E-state index contributed by atoms with van der Waals surface area (Å²) in [5.41, 5.74) is 1.66. The van der Waals surface area contributed by atoms with Crippen molar-refractivity contribution in [2.75, 3.05) is 5.32 Å². The van der Waals surface area contributed by atoms with E-state index in [0.717, 1.165) is 29.4 Å². The van der Waals surface area contributed by atoms with E-state index in [1.807, 2.05) is 29.0 Å². The first-order valence-electron chi connectivity index (χ1n) is 9.30. The van der Waals surface area contributed by atoms with Crippen molar-refractivity contribution in [3.63, 3.8) is 0 Å². The van der Waals surface area contributed by atoms with E-state index in [4.69, 9.17) is 11.6 Å². The molecule has 0 spiro atoms. The summed E-state index contributed by atoms with van der Waals surface area (Å²) in [6.45, 7) is 2.22. The van der Waals surface area contributed by atoms with Crippen molar-refractivity contribution >= 4 is 34.1 Å². The molecule has 1 aromatic heterocycles. The van der Waals surface area contributed by atoms with Crippen molar-refractivity contribution < 1.29 is 9.90 Å². The number of aliphatic hydroxyl groups excluding tert-OH is 1. The Balaban J connectivity index is 1.79. The first-order valence-corrected chi connectivity index (χ1v) is 9.67. The zero-order valence-electron chi connectivity index (χ0n) is 14.8. The molecule has 1 heterocycles. The number of carbonyl (C=O) groups is 1. The van der Waals surface area contributed by atoms with Gasteiger partial charge in [-0.05, 0) is 37.8 Å². The van der Waals surface area contributed by atoms with E-state index in [2.05, 4.69) is 5.32 Å². The van der Waals surface area contributed by atoms with E-state index in [1.165, 1.54) is 25.7 Å². The van der Waals surface area contributed by atoms with Gasteiger partial charge < -0.3 is 15.0 Å². The number of nitrogens with zero attached hydrogens (tertiary/aromatic N) is 1. The van der Waals surface area contributed by atoms with Gasteiger partial charge in [0.15, 0.2) is 0 Å². The van der Waals surface area contributed by atoms with Crippen molar-refractivity contribution in [2.45, 2.75) is 64.5 Å². The molecule has 25 heavy (non-hydrogen) atoms. The third-order valence-electron chi connectivity index (χ3n) is 5.04. The quantitative estimate of drug-likeness (QED) is 0.737. The van der Waals surface area contributed by atoms with Gasteiger partial charge in [-0.1, -0.05) is 43.4 Å². The average molecular weight is 363 g/mol. The molecule has 3 rings (SSSR count). The van der Waals surface area contributed by atoms with Gasteiger partial charge in [-0.3, -0.25) is 4.79 Å². The van der Waals surface area contributed by atoms with Crippen LogP contribution in [0.4, 0.5) is 5.69 Å². The Bertz CT molecular complexity index is 731. The van der Waals surface area contributed by atoms with Gasteiger partial charge in [0, 0.05) is 24.5 Å². The van der Waals surface area contributed by atoms with Gasteiger partial charge in [0.25, 0.3) is 0 Å². The maximum absolute atomic E-state index is 12.6. The highest BCUT2D eigenvalue weighted by atomic mass is 35.5. The summed E-state index contributed by atoms with van der Waals surface area (Å²) in [7, 11) is 0. The number of benzene rings is 1. The lowest BCUT2D eigenvalue weighted by Gasteiger charge is -2.13. The molecule has 0 radical (unpaired) electrons. The van der Waals surface area contributed by atoms with Crippen LogP contribution in [-0.2, 0) is 11.3 Å². The zero-order valence-corrected chi connectivity index (χ0v) is 15.6. The lowest BCUT2D eigenvalue weighted by Crippen LogP contribution is -2.16. The van der Waals surface area contributed by atoms with Crippen LogP contribution in [0.2, 0.25) is 5.02 Å². The van der Waals surface area contributed by atoms with Crippen LogP contribution in [0.25, 0.3) is 10.9 Å². The second kappa shape index (κ2) is 8.24. The highest BCUT2D eigenvalue weighted by molar-refractivity contribution is 6.36. The van der Waals surface area contributed by atoms with Crippen LogP contribution in [-0.4, -0.2) is 21.7 Å². The van der Waals surface area contributed by atoms with Crippen LogP contribution < -0.4 is 5.32 Å². The molecule has 1 atom stereocenters. The minimum Gasteiger partial charge on any atom is -0.392 e. The number of fused-ring (bicyclic) bond motifs is 1. The SMILES string of the molecule is CC(O)Cn1cc(NC(=O)CC2CCCCCC2)c2c(Cl)cccc21. The van der Waals surface area contributed by atoms with E-state index in [1.54, 1.807) is 6.92 Å². The molecule has 1 saturated carbocycles. The fourth-order valence-corrected chi connectivity index (χ4v) is 4.14. The van der Waals surface area contributed by atoms with E-state index in [-0.39, 0.29) is 5.91 Å². The van der Waals surface area contributed by atoms with Crippen molar-refractivity contribution in [1.29, 1.82) is 0 Å². The average Bonchev–Trinajstić information content (AvgIpc) is 2.72. The summed E-state index contributed by atoms with van der Waals surface area (Å²) >= 11 is 6.38. The van der Waals surface area contributed by atoms with Gasteiger partial charge in [0.1, 0.15) is 0 Å². The van der Waals surface area contributed by atoms with E-state index in [9.17, 15) is 9.90 Å². The molecule has 1 unspecified atom stereocenters. The molecule has 2 aromatic rings. The van der Waals surface area contributed by atoms with Crippen molar-refractivity contribution in [3.8, 4) is 0 Å². The molecule has 2 N–H and O–H groups in total. The largest absolute Gasteiger partial charge is 0.392 e. The van der Waals surface area contributed by atoms with Crippen molar-refractivity contribution in [3.05, 3.63) is 29.4 Å². The molecule has 4 nitrogen and oxygen atoms in total. The molecular weight excluding hydrogens is 336 g/mol. The lowest BCUT2D eigenvalue weighted by atomic mass is 9.96. The van der Waals surface area contributed by atoms with Crippen molar-refractivity contribution in [2.24, 2.45) is 5.92 Å². The van der Waals surface area contributed by atoms with Crippen LogP contribution in [0.3, 0.4) is 0 Å². The molecule has 5 heteroatoms. The molecule has 1 amide bonds. The summed E-state index contributed by atoms with van der Waals surface area (Å²) in [5.74, 6) is 0.548. The summed E-state index contributed by atoms with van der Waals surface area (Å²) in [5, 5.41) is 14.3. The van der Waals surface area contributed by atoms with Gasteiger partial charge in [-0.15, -0.1) is 0 Å². The summed E-state index contributed by atoms with van der Waals surface area (Å²) in [6, 6.07) is 5.68.